The predicted octanol–water partition coefficient (Wildman–Crippen LogP) is 5.57. The number of hydrogen-bond donors (Lipinski definition) is 1. The van der Waals surface area contributed by atoms with Crippen LogP contribution in [0, 0.1) is 6.07 Å². The van der Waals surface area contributed by atoms with Crippen LogP contribution in [0.1, 0.15) is 0 Å². The first-order valence-electron chi connectivity index (χ1n) is 11.7. The Morgan fingerprint density at radius 1 is 0.722 bits per heavy atom. The zero-order valence-corrected chi connectivity index (χ0v) is 23.2. The molecule has 0 radical (unpaired) electrons. The van der Waals surface area contributed by atoms with Gasteiger partial charge in [0, 0.05) is 37.2 Å². The monoisotopic (exact) mass is 665 g/mol. The van der Waals surface area contributed by atoms with Gasteiger partial charge in [-0.15, -0.1) is 0 Å². The fourth-order valence-corrected chi connectivity index (χ4v) is 6.87. The summed E-state index contributed by atoms with van der Waals surface area (Å²) in [7, 11) is -2.00. The number of nitrogens with zero attached hydrogens (tertiary/aromatic N) is 3. The normalized spacial score (nSPS) is 11.5. The minimum Gasteiger partial charge on any atom is -0.506 e. The van der Waals surface area contributed by atoms with E-state index in [1.807, 2.05) is 59.2 Å². The van der Waals surface area contributed by atoms with E-state index >= 15 is 0 Å². The van der Waals surface area contributed by atoms with E-state index in [4.69, 9.17) is 9.97 Å². The molecule has 0 spiro atoms. The van der Waals surface area contributed by atoms with Crippen LogP contribution >= 0.6 is 0 Å². The summed E-state index contributed by atoms with van der Waals surface area (Å²) in [5, 5.41) is 15.1. The number of aromatic nitrogens is 3. The molecule has 0 amide bonds. The van der Waals surface area contributed by atoms with Crippen LogP contribution in [0.2, 0.25) is 13.1 Å². The average molecular weight is 666 g/mol. The van der Waals surface area contributed by atoms with Crippen molar-refractivity contribution < 1.29 is 26.2 Å². The number of phenols is 1. The summed E-state index contributed by atoms with van der Waals surface area (Å²) in [6.45, 7) is 4.61. The SMILES string of the molecule is C[Si](C)(c1[c-]cccc1)c1cccc(-c2ccc3c4ccccc4n(-c4ccccc4O)c3n2)n1.[Pt]. The van der Waals surface area contributed by atoms with Gasteiger partial charge in [-0.25, -0.2) is 4.98 Å². The van der Waals surface area contributed by atoms with Gasteiger partial charge in [0.1, 0.15) is 19.5 Å². The Kier molecular flexibility index (Phi) is 6.37. The third-order valence-electron chi connectivity index (χ3n) is 6.68. The molecule has 6 heteroatoms. The molecule has 0 aliphatic rings. The fraction of sp³-hybridized carbons (Fsp3) is 0.0667. The van der Waals surface area contributed by atoms with Gasteiger partial charge in [0.15, 0.2) is 0 Å². The van der Waals surface area contributed by atoms with E-state index in [1.165, 1.54) is 5.19 Å². The Morgan fingerprint density at radius 2 is 1.47 bits per heavy atom. The molecule has 3 aromatic carbocycles. The Bertz CT molecular complexity index is 1700. The summed E-state index contributed by atoms with van der Waals surface area (Å²) in [6, 6.07) is 37.5. The van der Waals surface area contributed by atoms with Gasteiger partial charge in [-0.1, -0.05) is 49.5 Å². The van der Waals surface area contributed by atoms with Crippen LogP contribution in [0.4, 0.5) is 0 Å². The Labute approximate surface area is 225 Å². The first-order valence-corrected chi connectivity index (χ1v) is 14.7. The number of benzene rings is 3. The van der Waals surface area contributed by atoms with Gasteiger partial charge < -0.3 is 5.11 Å². The van der Waals surface area contributed by atoms with Gasteiger partial charge in [-0.3, -0.25) is 9.55 Å². The number of rotatable bonds is 4. The molecule has 0 atom stereocenters. The van der Waals surface area contributed by atoms with Crippen molar-refractivity contribution in [3.63, 3.8) is 0 Å². The van der Waals surface area contributed by atoms with E-state index in [0.717, 1.165) is 38.6 Å². The van der Waals surface area contributed by atoms with Crippen LogP contribution < -0.4 is 10.5 Å². The van der Waals surface area contributed by atoms with Gasteiger partial charge in [0.05, 0.1) is 22.6 Å². The van der Waals surface area contributed by atoms with Crippen molar-refractivity contribution in [2.45, 2.75) is 13.1 Å². The van der Waals surface area contributed by atoms with E-state index in [9.17, 15) is 5.11 Å². The quantitative estimate of drug-likeness (QED) is 0.198. The number of hydrogen-bond acceptors (Lipinski definition) is 3. The summed E-state index contributed by atoms with van der Waals surface area (Å²) >= 11 is 0. The summed E-state index contributed by atoms with van der Waals surface area (Å²) in [6.07, 6.45) is 0. The van der Waals surface area contributed by atoms with Crippen LogP contribution in [0.5, 0.6) is 5.75 Å². The van der Waals surface area contributed by atoms with Crippen molar-refractivity contribution in [2.24, 2.45) is 0 Å². The molecule has 3 aromatic heterocycles. The molecule has 0 bridgehead atoms. The van der Waals surface area contributed by atoms with Crippen LogP contribution in [0.15, 0.2) is 103 Å². The molecule has 1 N–H and O–H groups in total. The maximum absolute atomic E-state index is 10.7. The molecular formula is C30H24N3OPtSi-. The molecule has 180 valence electrons. The van der Waals surface area contributed by atoms with Crippen molar-refractivity contribution in [1.29, 1.82) is 0 Å². The summed E-state index contributed by atoms with van der Waals surface area (Å²) in [4.78, 5) is 10.2. The minimum absolute atomic E-state index is 0. The maximum atomic E-state index is 10.7. The summed E-state index contributed by atoms with van der Waals surface area (Å²) < 4.78 is 2.03. The maximum Gasteiger partial charge on any atom is 0.146 e. The second kappa shape index (κ2) is 9.49. The molecule has 0 aliphatic heterocycles. The first kappa shape index (κ1) is 24.2. The van der Waals surface area contributed by atoms with Crippen molar-refractivity contribution in [1.82, 2.24) is 14.5 Å². The number of para-hydroxylation sites is 3. The van der Waals surface area contributed by atoms with Crippen molar-refractivity contribution in [2.75, 3.05) is 0 Å². The topological polar surface area (TPSA) is 50.9 Å². The van der Waals surface area contributed by atoms with Crippen LogP contribution in [0.25, 0.3) is 39.0 Å². The molecule has 6 aromatic rings. The largest absolute Gasteiger partial charge is 0.506 e. The zero-order valence-electron chi connectivity index (χ0n) is 19.9. The van der Waals surface area contributed by atoms with Crippen molar-refractivity contribution in [3.05, 3.63) is 109 Å². The van der Waals surface area contributed by atoms with E-state index in [2.05, 4.69) is 61.6 Å². The molecule has 36 heavy (non-hydrogen) atoms. The minimum atomic E-state index is -2.00. The second-order valence-corrected chi connectivity index (χ2v) is 13.5. The molecule has 4 nitrogen and oxygen atoms in total. The van der Waals surface area contributed by atoms with E-state index in [0.29, 0.717) is 5.69 Å². The smallest absolute Gasteiger partial charge is 0.146 e. The fourth-order valence-electron chi connectivity index (χ4n) is 4.72. The molecule has 6 rings (SSSR count). The molecule has 0 saturated heterocycles. The number of pyridine rings is 2. The Hall–Kier alpha value is -3.53. The molecule has 0 aliphatic carbocycles. The molecule has 3 heterocycles. The Balaban J connectivity index is 0.00000267. The van der Waals surface area contributed by atoms with Crippen LogP contribution in [-0.2, 0) is 21.1 Å². The van der Waals surface area contributed by atoms with Gasteiger partial charge in [-0.2, -0.15) is 35.5 Å². The molecular weight excluding hydrogens is 642 g/mol. The van der Waals surface area contributed by atoms with E-state index in [1.54, 1.807) is 6.07 Å². The van der Waals surface area contributed by atoms with Crippen molar-refractivity contribution in [3.8, 4) is 22.8 Å². The summed E-state index contributed by atoms with van der Waals surface area (Å²) in [5.41, 5.74) is 4.16. The molecule has 0 saturated carbocycles. The zero-order chi connectivity index (χ0) is 24.0. The Morgan fingerprint density at radius 3 is 2.28 bits per heavy atom. The standard InChI is InChI=1S/C30H24N3OSi.Pt/c1-35(2,21-11-4-3-5-12-21)29-18-10-14-24(31-29)25-20-19-23-22-13-6-7-15-26(22)33(30(23)32-25)27-16-8-9-17-28(27)34;/h3-11,13-20,34H,1-2H3;/q-1;. The van der Waals surface area contributed by atoms with E-state index in [-0.39, 0.29) is 26.8 Å². The van der Waals surface area contributed by atoms with Crippen molar-refractivity contribution >= 4 is 40.5 Å². The second-order valence-electron chi connectivity index (χ2n) is 9.22. The van der Waals surface area contributed by atoms with Gasteiger partial charge in [0.25, 0.3) is 0 Å². The molecule has 0 fully saturated rings. The van der Waals surface area contributed by atoms with Gasteiger partial charge in [-0.05, 0) is 42.5 Å². The number of phenolic OH excluding ortho intramolecular Hbond substituents is 1. The number of fused-ring (bicyclic) bond motifs is 3. The number of aromatic hydroxyl groups is 1. The average Bonchev–Trinajstić information content (AvgIpc) is 3.23. The third kappa shape index (κ3) is 3.99. The third-order valence-corrected chi connectivity index (χ3v) is 9.90. The van der Waals surface area contributed by atoms with E-state index < -0.39 is 8.07 Å². The van der Waals surface area contributed by atoms with Crippen LogP contribution in [-0.4, -0.2) is 27.7 Å². The van der Waals surface area contributed by atoms with Gasteiger partial charge >= 0.3 is 0 Å². The predicted molar refractivity (Wildman–Crippen MR) is 145 cm³/mol. The summed E-state index contributed by atoms with van der Waals surface area (Å²) in [5.74, 6) is 0.217. The van der Waals surface area contributed by atoms with Gasteiger partial charge in [0.2, 0.25) is 0 Å². The van der Waals surface area contributed by atoms with Crippen LogP contribution in [0.3, 0.4) is 0 Å². The molecule has 0 unspecified atom stereocenters. The first-order chi connectivity index (χ1) is 17.0.